The van der Waals surface area contributed by atoms with Gasteiger partial charge in [0.2, 0.25) is 11.8 Å². The Morgan fingerprint density at radius 1 is 1.32 bits per heavy atom. The molecule has 1 saturated heterocycles. The normalized spacial score (nSPS) is 27.3. The van der Waals surface area contributed by atoms with E-state index in [0.717, 1.165) is 25.1 Å². The topological polar surface area (TPSA) is 53.4 Å². The predicted octanol–water partition coefficient (Wildman–Crippen LogP) is 3.97. The highest BCUT2D eigenvalue weighted by molar-refractivity contribution is 5.92. The lowest BCUT2D eigenvalue weighted by molar-refractivity contribution is -0.130. The largest absolute Gasteiger partial charge is 0.478 e. The second kappa shape index (κ2) is 7.19. The van der Waals surface area contributed by atoms with Crippen molar-refractivity contribution in [1.29, 1.82) is 5.41 Å². The standard InChI is InChI=1S/C21H30N2O2/c1-4-6-7-8-12-23-14-17-18(20(23)24)21(17,3)16-11-9-10-15(13-16)19(22)25-5-2/h9-11,13,17-18,22H,4-8,12,14H2,1-3H3. The van der Waals surface area contributed by atoms with Crippen LogP contribution in [0.1, 0.15) is 57.6 Å². The van der Waals surface area contributed by atoms with E-state index in [9.17, 15) is 4.79 Å². The van der Waals surface area contributed by atoms with E-state index >= 15 is 0 Å². The molecule has 2 aliphatic rings. The highest BCUT2D eigenvalue weighted by Crippen LogP contribution is 2.63. The fraction of sp³-hybridized carbons (Fsp3) is 0.619. The van der Waals surface area contributed by atoms with E-state index in [0.29, 0.717) is 18.4 Å². The molecule has 1 aromatic rings. The summed E-state index contributed by atoms with van der Waals surface area (Å²) >= 11 is 0. The number of amides is 1. The van der Waals surface area contributed by atoms with Gasteiger partial charge in [0.25, 0.3) is 0 Å². The smallest absolute Gasteiger partial charge is 0.226 e. The summed E-state index contributed by atoms with van der Waals surface area (Å²) in [4.78, 5) is 14.8. The number of benzene rings is 1. The zero-order valence-corrected chi connectivity index (χ0v) is 15.7. The van der Waals surface area contributed by atoms with Crippen LogP contribution < -0.4 is 0 Å². The number of ether oxygens (including phenoxy) is 1. The molecular formula is C21H30N2O2. The average molecular weight is 342 g/mol. The molecule has 0 radical (unpaired) electrons. The maximum atomic E-state index is 12.8. The summed E-state index contributed by atoms with van der Waals surface area (Å²) in [5, 5.41) is 8.00. The molecule has 0 aromatic heterocycles. The number of rotatable bonds is 8. The number of fused-ring (bicyclic) bond motifs is 1. The number of likely N-dealkylation sites (tertiary alicyclic amines) is 1. The average Bonchev–Trinajstić information content (AvgIpc) is 3.06. The summed E-state index contributed by atoms with van der Waals surface area (Å²) in [6.45, 7) is 8.60. The predicted molar refractivity (Wildman–Crippen MR) is 100.0 cm³/mol. The number of nitrogens with zero attached hydrogens (tertiary/aromatic N) is 1. The van der Waals surface area contributed by atoms with Crippen LogP contribution in [0.4, 0.5) is 0 Å². The van der Waals surface area contributed by atoms with Crippen molar-refractivity contribution in [1.82, 2.24) is 4.90 Å². The van der Waals surface area contributed by atoms with Crippen molar-refractivity contribution < 1.29 is 9.53 Å². The Hall–Kier alpha value is -1.84. The van der Waals surface area contributed by atoms with Crippen molar-refractivity contribution >= 4 is 11.8 Å². The maximum Gasteiger partial charge on any atom is 0.226 e. The van der Waals surface area contributed by atoms with Crippen LogP contribution in [0.5, 0.6) is 0 Å². The third-order valence-electron chi connectivity index (χ3n) is 6.02. The number of nitrogens with one attached hydrogen (secondary N) is 1. The van der Waals surface area contributed by atoms with Gasteiger partial charge in [-0.2, -0.15) is 0 Å². The zero-order chi connectivity index (χ0) is 18.0. The Morgan fingerprint density at radius 2 is 2.12 bits per heavy atom. The van der Waals surface area contributed by atoms with Crippen molar-refractivity contribution in [3.63, 3.8) is 0 Å². The molecule has 4 nitrogen and oxygen atoms in total. The molecule has 1 heterocycles. The zero-order valence-electron chi connectivity index (χ0n) is 15.7. The lowest BCUT2D eigenvalue weighted by Crippen LogP contribution is -2.34. The Kier molecular flexibility index (Phi) is 5.16. The van der Waals surface area contributed by atoms with Gasteiger partial charge in [-0.3, -0.25) is 10.2 Å². The van der Waals surface area contributed by atoms with Gasteiger partial charge in [-0.1, -0.05) is 45.2 Å². The van der Waals surface area contributed by atoms with Gasteiger partial charge in [-0.15, -0.1) is 0 Å². The lowest BCUT2D eigenvalue weighted by atomic mass is 9.90. The first-order valence-electron chi connectivity index (χ1n) is 9.65. The number of hydrogen-bond donors (Lipinski definition) is 1. The lowest BCUT2D eigenvalue weighted by Gasteiger charge is -2.25. The molecule has 2 fully saturated rings. The maximum absolute atomic E-state index is 12.8. The fourth-order valence-electron chi connectivity index (χ4n) is 4.40. The summed E-state index contributed by atoms with van der Waals surface area (Å²) < 4.78 is 5.32. The van der Waals surface area contributed by atoms with Crippen LogP contribution in [0.15, 0.2) is 24.3 Å². The van der Waals surface area contributed by atoms with Gasteiger partial charge in [0.1, 0.15) is 0 Å². The first-order chi connectivity index (χ1) is 12.0. The minimum atomic E-state index is -0.0699. The monoisotopic (exact) mass is 342 g/mol. The molecule has 136 valence electrons. The van der Waals surface area contributed by atoms with Gasteiger partial charge in [0.05, 0.1) is 12.5 Å². The van der Waals surface area contributed by atoms with Crippen LogP contribution in [0.25, 0.3) is 0 Å². The van der Waals surface area contributed by atoms with Gasteiger partial charge < -0.3 is 9.64 Å². The molecule has 1 aromatic carbocycles. The van der Waals surface area contributed by atoms with Crippen LogP contribution in [-0.4, -0.2) is 36.4 Å². The molecule has 1 amide bonds. The Balaban J connectivity index is 1.65. The molecule has 4 heteroatoms. The third kappa shape index (κ3) is 3.19. The van der Waals surface area contributed by atoms with Crippen LogP contribution >= 0.6 is 0 Å². The van der Waals surface area contributed by atoms with Gasteiger partial charge in [0, 0.05) is 24.1 Å². The molecule has 1 aliphatic carbocycles. The minimum absolute atomic E-state index is 0.0699. The first-order valence-corrected chi connectivity index (χ1v) is 9.65. The molecule has 3 unspecified atom stereocenters. The summed E-state index contributed by atoms with van der Waals surface area (Å²) in [5.41, 5.74) is 1.90. The fourth-order valence-corrected chi connectivity index (χ4v) is 4.40. The van der Waals surface area contributed by atoms with E-state index < -0.39 is 0 Å². The molecule has 0 bridgehead atoms. The highest BCUT2D eigenvalue weighted by atomic mass is 16.5. The van der Waals surface area contributed by atoms with E-state index in [4.69, 9.17) is 10.1 Å². The van der Waals surface area contributed by atoms with E-state index in [1.807, 2.05) is 25.1 Å². The second-order valence-electron chi connectivity index (χ2n) is 7.55. The first kappa shape index (κ1) is 18.0. The molecule has 0 spiro atoms. The van der Waals surface area contributed by atoms with Crippen LogP contribution in [-0.2, 0) is 14.9 Å². The van der Waals surface area contributed by atoms with Crippen molar-refractivity contribution in [3.8, 4) is 0 Å². The highest BCUT2D eigenvalue weighted by Gasteiger charge is 2.70. The van der Waals surface area contributed by atoms with Gasteiger partial charge in [0.15, 0.2) is 0 Å². The van der Waals surface area contributed by atoms with E-state index in [-0.39, 0.29) is 17.2 Å². The molecule has 1 aliphatic heterocycles. The van der Waals surface area contributed by atoms with Crippen molar-refractivity contribution in [2.75, 3.05) is 19.7 Å². The van der Waals surface area contributed by atoms with E-state index in [1.165, 1.54) is 24.8 Å². The molecule has 3 rings (SSSR count). The summed E-state index contributed by atoms with van der Waals surface area (Å²) in [6, 6.07) is 8.02. The number of carbonyl (C=O) groups excluding carboxylic acids is 1. The Bertz CT molecular complexity index is 657. The number of piperidine rings is 1. The van der Waals surface area contributed by atoms with Gasteiger partial charge in [-0.05, 0) is 37.0 Å². The second-order valence-corrected chi connectivity index (χ2v) is 7.55. The molecule has 1 saturated carbocycles. The summed E-state index contributed by atoms with van der Waals surface area (Å²) in [5.74, 6) is 1.08. The molecular weight excluding hydrogens is 312 g/mol. The Morgan fingerprint density at radius 3 is 2.76 bits per heavy atom. The van der Waals surface area contributed by atoms with Crippen LogP contribution in [0.3, 0.4) is 0 Å². The summed E-state index contributed by atoms with van der Waals surface area (Å²) in [6.07, 6.45) is 4.82. The van der Waals surface area contributed by atoms with Crippen molar-refractivity contribution in [3.05, 3.63) is 35.4 Å². The number of hydrogen-bond acceptors (Lipinski definition) is 3. The molecule has 1 N–H and O–H groups in total. The van der Waals surface area contributed by atoms with E-state index in [2.05, 4.69) is 24.8 Å². The molecule has 3 atom stereocenters. The van der Waals surface area contributed by atoms with Crippen molar-refractivity contribution in [2.24, 2.45) is 11.8 Å². The van der Waals surface area contributed by atoms with Gasteiger partial charge >= 0.3 is 0 Å². The summed E-state index contributed by atoms with van der Waals surface area (Å²) in [7, 11) is 0. The number of carbonyl (C=O) groups is 1. The van der Waals surface area contributed by atoms with Crippen LogP contribution in [0.2, 0.25) is 0 Å². The van der Waals surface area contributed by atoms with Crippen molar-refractivity contribution in [2.45, 2.75) is 51.9 Å². The SMILES string of the molecule is CCCCCCN1CC2C(C1=O)C2(C)c1cccc(C(=N)OCC)c1. The molecule has 25 heavy (non-hydrogen) atoms. The number of unbranched alkanes of at least 4 members (excludes halogenated alkanes) is 3. The quantitative estimate of drug-likeness (QED) is 0.441. The van der Waals surface area contributed by atoms with Gasteiger partial charge in [-0.25, -0.2) is 0 Å². The minimum Gasteiger partial charge on any atom is -0.478 e. The third-order valence-corrected chi connectivity index (χ3v) is 6.02. The van der Waals surface area contributed by atoms with E-state index in [1.54, 1.807) is 0 Å². The Labute approximate surface area is 151 Å². The van der Waals surface area contributed by atoms with Crippen LogP contribution in [0, 0.1) is 17.2 Å².